The van der Waals surface area contributed by atoms with Gasteiger partial charge < -0.3 is 23.7 Å². The van der Waals surface area contributed by atoms with Crippen molar-refractivity contribution in [2.75, 3.05) is 21.3 Å². The zero-order valence-electron chi connectivity index (χ0n) is 15.2. The van der Waals surface area contributed by atoms with Gasteiger partial charge in [0.05, 0.1) is 32.5 Å². The molecule has 0 saturated carbocycles. The first-order valence-corrected chi connectivity index (χ1v) is 7.76. The van der Waals surface area contributed by atoms with Crippen LogP contribution in [0.15, 0.2) is 33.7 Å². The summed E-state index contributed by atoms with van der Waals surface area (Å²) in [7, 11) is 3.65. The van der Waals surface area contributed by atoms with Gasteiger partial charge in [0, 0.05) is 6.07 Å². The number of benzene rings is 1. The van der Waals surface area contributed by atoms with Crippen LogP contribution < -0.4 is 14.9 Å². The number of phenolic OH excluding ortho intramolecular Hbond substituents is 1. The molecule has 0 aliphatic rings. The third-order valence-electron chi connectivity index (χ3n) is 3.68. The standard InChI is InChI=1S/C19H18O8/c1-5-6-13-18(25-3)17(22)12(9-27-13)16(21)15-11(19(23)26-4)7-10(20)8-14(15)24-2/h5-9,20H,1-4H3. The van der Waals surface area contributed by atoms with Crippen molar-refractivity contribution in [2.24, 2.45) is 0 Å². The van der Waals surface area contributed by atoms with E-state index in [9.17, 15) is 19.5 Å². The van der Waals surface area contributed by atoms with Gasteiger partial charge >= 0.3 is 5.97 Å². The highest BCUT2D eigenvalue weighted by Crippen LogP contribution is 2.31. The van der Waals surface area contributed by atoms with E-state index in [1.54, 1.807) is 13.0 Å². The molecular weight excluding hydrogens is 356 g/mol. The van der Waals surface area contributed by atoms with E-state index in [0.29, 0.717) is 0 Å². The Balaban J connectivity index is 2.76. The van der Waals surface area contributed by atoms with E-state index in [1.807, 2.05) is 0 Å². The Labute approximate surface area is 154 Å². The number of rotatable bonds is 6. The minimum atomic E-state index is -0.880. The molecule has 1 heterocycles. The maximum atomic E-state index is 13.0. The van der Waals surface area contributed by atoms with E-state index in [2.05, 4.69) is 4.74 Å². The van der Waals surface area contributed by atoms with Crippen molar-refractivity contribution < 1.29 is 33.3 Å². The lowest BCUT2D eigenvalue weighted by Crippen LogP contribution is -2.21. The highest BCUT2D eigenvalue weighted by Gasteiger charge is 2.28. The molecule has 0 aliphatic heterocycles. The second-order valence-electron chi connectivity index (χ2n) is 5.27. The fourth-order valence-corrected chi connectivity index (χ4v) is 2.48. The Hall–Kier alpha value is -3.55. The SMILES string of the molecule is CC=Cc1occ(C(=O)c2c(OC)cc(O)cc2C(=O)OC)c(=O)c1OC. The summed E-state index contributed by atoms with van der Waals surface area (Å²) in [6.07, 6.45) is 4.13. The van der Waals surface area contributed by atoms with E-state index >= 15 is 0 Å². The highest BCUT2D eigenvalue weighted by atomic mass is 16.5. The Morgan fingerprint density at radius 2 is 1.81 bits per heavy atom. The van der Waals surface area contributed by atoms with Gasteiger partial charge in [0.15, 0.2) is 5.76 Å². The molecule has 8 nitrogen and oxygen atoms in total. The van der Waals surface area contributed by atoms with Crippen molar-refractivity contribution in [1.29, 1.82) is 0 Å². The molecule has 142 valence electrons. The summed E-state index contributed by atoms with van der Waals surface area (Å²) in [6.45, 7) is 1.72. The first kappa shape index (κ1) is 19.8. The smallest absolute Gasteiger partial charge is 0.338 e. The van der Waals surface area contributed by atoms with Crippen molar-refractivity contribution in [1.82, 2.24) is 0 Å². The maximum Gasteiger partial charge on any atom is 0.338 e. The number of ketones is 1. The van der Waals surface area contributed by atoms with E-state index in [-0.39, 0.29) is 39.7 Å². The summed E-state index contributed by atoms with van der Waals surface area (Å²) in [4.78, 5) is 37.8. The van der Waals surface area contributed by atoms with Gasteiger partial charge in [-0.25, -0.2) is 4.79 Å². The molecule has 0 spiro atoms. The van der Waals surface area contributed by atoms with Crippen LogP contribution in [0.3, 0.4) is 0 Å². The summed E-state index contributed by atoms with van der Waals surface area (Å²) in [6, 6.07) is 2.20. The van der Waals surface area contributed by atoms with Crippen LogP contribution in [-0.4, -0.2) is 38.2 Å². The summed E-state index contributed by atoms with van der Waals surface area (Å²) in [5, 5.41) is 9.77. The molecule has 2 rings (SSSR count). The monoisotopic (exact) mass is 374 g/mol. The molecule has 27 heavy (non-hydrogen) atoms. The predicted octanol–water partition coefficient (Wildman–Crippen LogP) is 2.41. The summed E-state index contributed by atoms with van der Waals surface area (Å²) >= 11 is 0. The molecule has 8 heteroatoms. The highest BCUT2D eigenvalue weighted by molar-refractivity contribution is 6.16. The quantitative estimate of drug-likeness (QED) is 0.606. The van der Waals surface area contributed by atoms with Crippen molar-refractivity contribution in [3.63, 3.8) is 0 Å². The van der Waals surface area contributed by atoms with Gasteiger partial charge in [-0.15, -0.1) is 0 Å². The number of methoxy groups -OCH3 is 3. The molecule has 0 atom stereocenters. The normalized spacial score (nSPS) is 10.7. The molecular formula is C19H18O8. The van der Waals surface area contributed by atoms with Gasteiger partial charge in [0.25, 0.3) is 0 Å². The lowest BCUT2D eigenvalue weighted by Gasteiger charge is -2.13. The Morgan fingerprint density at radius 3 is 2.37 bits per heavy atom. The molecule has 2 aromatic rings. The van der Waals surface area contributed by atoms with Crippen LogP contribution in [0, 0.1) is 0 Å². The average molecular weight is 374 g/mol. The van der Waals surface area contributed by atoms with Crippen LogP contribution in [0.5, 0.6) is 17.2 Å². The van der Waals surface area contributed by atoms with Crippen molar-refractivity contribution in [3.8, 4) is 17.2 Å². The predicted molar refractivity (Wildman–Crippen MR) is 95.7 cm³/mol. The fourth-order valence-electron chi connectivity index (χ4n) is 2.48. The average Bonchev–Trinajstić information content (AvgIpc) is 2.66. The second kappa shape index (κ2) is 8.22. The Kier molecular flexibility index (Phi) is 6.02. The van der Waals surface area contributed by atoms with Gasteiger partial charge in [-0.3, -0.25) is 9.59 Å². The van der Waals surface area contributed by atoms with Gasteiger partial charge in [0.1, 0.15) is 23.3 Å². The molecule has 0 saturated heterocycles. The molecule has 0 radical (unpaired) electrons. The van der Waals surface area contributed by atoms with Crippen molar-refractivity contribution in [3.05, 3.63) is 57.1 Å². The number of carbonyl (C=O) groups excluding carboxylic acids is 2. The first-order valence-electron chi connectivity index (χ1n) is 7.76. The van der Waals surface area contributed by atoms with Crippen LogP contribution in [0.25, 0.3) is 6.08 Å². The molecule has 0 unspecified atom stereocenters. The number of allylic oxidation sites excluding steroid dienone is 1. The van der Waals surface area contributed by atoms with Crippen LogP contribution in [0.1, 0.15) is 39.0 Å². The Morgan fingerprint density at radius 1 is 1.11 bits per heavy atom. The molecule has 0 amide bonds. The maximum absolute atomic E-state index is 13.0. The molecule has 1 N–H and O–H groups in total. The summed E-state index contributed by atoms with van der Waals surface area (Å²) in [5.74, 6) is -2.14. The summed E-state index contributed by atoms with van der Waals surface area (Å²) in [5.41, 5.74) is -1.58. The number of ether oxygens (including phenoxy) is 3. The zero-order valence-corrected chi connectivity index (χ0v) is 15.2. The van der Waals surface area contributed by atoms with Crippen LogP contribution in [0.4, 0.5) is 0 Å². The number of aromatic hydroxyl groups is 1. The van der Waals surface area contributed by atoms with Crippen LogP contribution in [0.2, 0.25) is 0 Å². The minimum absolute atomic E-state index is 0.101. The topological polar surface area (TPSA) is 112 Å². The van der Waals surface area contributed by atoms with Gasteiger partial charge in [0.2, 0.25) is 17.0 Å². The molecule has 0 bridgehead atoms. The summed E-state index contributed by atoms with van der Waals surface area (Å²) < 4.78 is 20.1. The van der Waals surface area contributed by atoms with Crippen LogP contribution in [-0.2, 0) is 4.74 Å². The van der Waals surface area contributed by atoms with Crippen molar-refractivity contribution >= 4 is 17.8 Å². The fraction of sp³-hybridized carbons (Fsp3) is 0.211. The van der Waals surface area contributed by atoms with Crippen LogP contribution >= 0.6 is 0 Å². The van der Waals surface area contributed by atoms with Gasteiger partial charge in [-0.2, -0.15) is 0 Å². The number of carbonyl (C=O) groups is 2. The minimum Gasteiger partial charge on any atom is -0.508 e. The largest absolute Gasteiger partial charge is 0.508 e. The second-order valence-corrected chi connectivity index (χ2v) is 5.27. The lowest BCUT2D eigenvalue weighted by molar-refractivity contribution is 0.0596. The molecule has 0 aliphatic carbocycles. The molecule has 1 aromatic carbocycles. The van der Waals surface area contributed by atoms with Gasteiger partial charge in [-0.1, -0.05) is 6.08 Å². The third kappa shape index (κ3) is 3.69. The Bertz CT molecular complexity index is 968. The van der Waals surface area contributed by atoms with Gasteiger partial charge in [-0.05, 0) is 19.1 Å². The first-order chi connectivity index (χ1) is 12.9. The number of phenols is 1. The van der Waals surface area contributed by atoms with E-state index in [0.717, 1.165) is 25.5 Å². The lowest BCUT2D eigenvalue weighted by atomic mass is 9.97. The van der Waals surface area contributed by atoms with Crippen molar-refractivity contribution in [2.45, 2.75) is 6.92 Å². The third-order valence-corrected chi connectivity index (χ3v) is 3.68. The number of esters is 1. The molecule has 0 fully saturated rings. The number of hydrogen-bond acceptors (Lipinski definition) is 8. The van der Waals surface area contributed by atoms with E-state index in [1.165, 1.54) is 20.3 Å². The zero-order chi connectivity index (χ0) is 20.1. The number of hydrogen-bond donors (Lipinski definition) is 1. The van der Waals surface area contributed by atoms with E-state index in [4.69, 9.17) is 13.9 Å². The van der Waals surface area contributed by atoms with E-state index < -0.39 is 17.2 Å². The molecule has 1 aromatic heterocycles.